The molecule has 76 valence electrons. The third-order valence-corrected chi connectivity index (χ3v) is 2.02. The molecule has 0 radical (unpaired) electrons. The number of benzene rings is 1. The van der Waals surface area contributed by atoms with Gasteiger partial charge in [-0.05, 0) is 30.7 Å². The molecule has 1 N–H and O–H groups in total. The largest absolute Gasteiger partial charge is 0.358 e. The first kappa shape index (κ1) is 10.8. The summed E-state index contributed by atoms with van der Waals surface area (Å²) in [5.41, 5.74) is 2.16. The summed E-state index contributed by atoms with van der Waals surface area (Å²) in [4.78, 5) is 3.21. The molecule has 2 aromatic rings. The van der Waals surface area contributed by atoms with Crippen molar-refractivity contribution in [2.24, 2.45) is 0 Å². The minimum Gasteiger partial charge on any atom is -0.358 e. The number of fused-ring (bicyclic) bond motifs is 1. The van der Waals surface area contributed by atoms with Gasteiger partial charge in [0, 0.05) is 16.6 Å². The molecule has 0 aliphatic rings. The van der Waals surface area contributed by atoms with Crippen LogP contribution in [-0.2, 0) is 6.42 Å². The second kappa shape index (κ2) is 4.80. The molecule has 2 rings (SSSR count). The summed E-state index contributed by atoms with van der Waals surface area (Å²) in [7, 11) is 0. The molecule has 0 aliphatic carbocycles. The average molecular weight is 193 g/mol. The highest BCUT2D eigenvalue weighted by Crippen LogP contribution is 2.16. The molecule has 1 aromatic carbocycles. The van der Waals surface area contributed by atoms with Crippen LogP contribution < -0.4 is 0 Å². The second-order valence-electron chi connectivity index (χ2n) is 2.88. The predicted molar refractivity (Wildman–Crippen MR) is 59.0 cm³/mol. The lowest BCUT2D eigenvalue weighted by molar-refractivity contribution is 0.630. The molecular formula is C12H16FN. The van der Waals surface area contributed by atoms with Crippen LogP contribution in [0.2, 0.25) is 0 Å². The number of hydrogen-bond acceptors (Lipinski definition) is 0. The smallest absolute Gasteiger partial charge is 0.123 e. The monoisotopic (exact) mass is 193 g/mol. The Hall–Kier alpha value is -1.31. The lowest BCUT2D eigenvalue weighted by Crippen LogP contribution is -1.75. The van der Waals surface area contributed by atoms with Gasteiger partial charge in [-0.2, -0.15) is 0 Å². The van der Waals surface area contributed by atoms with Gasteiger partial charge < -0.3 is 4.98 Å². The van der Waals surface area contributed by atoms with Crippen molar-refractivity contribution in [2.75, 3.05) is 0 Å². The van der Waals surface area contributed by atoms with E-state index in [1.54, 1.807) is 12.1 Å². The molecule has 1 heterocycles. The highest BCUT2D eigenvalue weighted by molar-refractivity contribution is 5.80. The van der Waals surface area contributed by atoms with E-state index in [-0.39, 0.29) is 5.82 Å². The quantitative estimate of drug-likeness (QED) is 0.707. The van der Waals surface area contributed by atoms with Gasteiger partial charge in [0.15, 0.2) is 0 Å². The number of aryl methyl sites for hydroxylation is 1. The number of aromatic nitrogens is 1. The topological polar surface area (TPSA) is 15.8 Å². The van der Waals surface area contributed by atoms with Crippen molar-refractivity contribution < 1.29 is 4.39 Å². The highest BCUT2D eigenvalue weighted by Gasteiger charge is 1.99. The first-order chi connectivity index (χ1) is 6.79. The Morgan fingerprint density at radius 3 is 2.57 bits per heavy atom. The van der Waals surface area contributed by atoms with Crippen LogP contribution in [0.3, 0.4) is 0 Å². The minimum atomic E-state index is -0.177. The van der Waals surface area contributed by atoms with Crippen molar-refractivity contribution in [3.05, 3.63) is 35.8 Å². The molecule has 0 saturated carbocycles. The van der Waals surface area contributed by atoms with Crippen molar-refractivity contribution in [3.63, 3.8) is 0 Å². The van der Waals surface area contributed by atoms with E-state index in [1.165, 1.54) is 6.07 Å². The zero-order valence-electron chi connectivity index (χ0n) is 8.89. The van der Waals surface area contributed by atoms with Gasteiger partial charge in [-0.25, -0.2) is 4.39 Å². The first-order valence-corrected chi connectivity index (χ1v) is 5.07. The molecular weight excluding hydrogens is 177 g/mol. The molecule has 0 spiro atoms. The molecule has 0 unspecified atom stereocenters. The minimum absolute atomic E-state index is 0.177. The fourth-order valence-electron chi connectivity index (χ4n) is 1.35. The van der Waals surface area contributed by atoms with Gasteiger partial charge in [0.2, 0.25) is 0 Å². The van der Waals surface area contributed by atoms with Crippen LogP contribution in [0.4, 0.5) is 4.39 Å². The summed E-state index contributed by atoms with van der Waals surface area (Å²) in [6.45, 7) is 6.07. The van der Waals surface area contributed by atoms with Gasteiger partial charge in [0.1, 0.15) is 5.82 Å². The van der Waals surface area contributed by atoms with Gasteiger partial charge >= 0.3 is 0 Å². The van der Waals surface area contributed by atoms with E-state index >= 15 is 0 Å². The van der Waals surface area contributed by atoms with Crippen LogP contribution in [0.5, 0.6) is 0 Å². The summed E-state index contributed by atoms with van der Waals surface area (Å²) in [6.07, 6.45) is 0.955. The number of aromatic amines is 1. The SMILES string of the molecule is CC.CCc1cc2cc(F)ccc2[nH]1. The second-order valence-corrected chi connectivity index (χ2v) is 2.88. The van der Waals surface area contributed by atoms with E-state index in [0.29, 0.717) is 0 Å². The molecule has 0 amide bonds. The van der Waals surface area contributed by atoms with Gasteiger partial charge in [-0.1, -0.05) is 20.8 Å². The standard InChI is InChI=1S/C10H10FN.C2H6/c1-2-9-6-7-5-8(11)3-4-10(7)12-9;1-2/h3-6,12H,2H2,1H3;1-2H3. The molecule has 2 heteroatoms. The number of halogens is 1. The fraction of sp³-hybridized carbons (Fsp3) is 0.333. The van der Waals surface area contributed by atoms with Crippen LogP contribution in [-0.4, -0.2) is 4.98 Å². The zero-order chi connectivity index (χ0) is 10.6. The van der Waals surface area contributed by atoms with Gasteiger partial charge in [0.25, 0.3) is 0 Å². The van der Waals surface area contributed by atoms with E-state index in [4.69, 9.17) is 0 Å². The fourth-order valence-corrected chi connectivity index (χ4v) is 1.35. The Bertz CT molecular complexity index is 404. The summed E-state index contributed by atoms with van der Waals surface area (Å²) in [5, 5.41) is 0.951. The Kier molecular flexibility index (Phi) is 3.69. The molecule has 14 heavy (non-hydrogen) atoms. The summed E-state index contributed by atoms with van der Waals surface area (Å²) < 4.78 is 12.7. The molecule has 0 fully saturated rings. The Morgan fingerprint density at radius 1 is 1.21 bits per heavy atom. The van der Waals surface area contributed by atoms with Crippen LogP contribution in [0.1, 0.15) is 26.5 Å². The summed E-state index contributed by atoms with van der Waals surface area (Å²) in [6, 6.07) is 6.77. The van der Waals surface area contributed by atoms with Gasteiger partial charge in [-0.15, -0.1) is 0 Å². The van der Waals surface area contributed by atoms with E-state index in [2.05, 4.69) is 11.9 Å². The molecule has 1 nitrogen and oxygen atoms in total. The van der Waals surface area contributed by atoms with Crippen LogP contribution in [0.15, 0.2) is 24.3 Å². The lowest BCUT2D eigenvalue weighted by Gasteiger charge is -1.87. The van der Waals surface area contributed by atoms with Crippen molar-refractivity contribution >= 4 is 10.9 Å². The normalized spacial score (nSPS) is 9.71. The molecule has 0 aliphatic heterocycles. The van der Waals surface area contributed by atoms with Crippen LogP contribution >= 0.6 is 0 Å². The maximum atomic E-state index is 12.7. The van der Waals surface area contributed by atoms with Gasteiger partial charge in [0.05, 0.1) is 0 Å². The molecule has 0 atom stereocenters. The lowest BCUT2D eigenvalue weighted by atomic mass is 10.2. The van der Waals surface area contributed by atoms with Crippen LogP contribution in [0, 0.1) is 5.82 Å². The molecule has 0 saturated heterocycles. The van der Waals surface area contributed by atoms with E-state index in [1.807, 2.05) is 19.9 Å². The van der Waals surface area contributed by atoms with E-state index < -0.39 is 0 Å². The average Bonchev–Trinajstić information content (AvgIpc) is 2.62. The van der Waals surface area contributed by atoms with Crippen molar-refractivity contribution in [1.29, 1.82) is 0 Å². The Labute approximate surface area is 84.0 Å². The zero-order valence-corrected chi connectivity index (χ0v) is 8.89. The number of nitrogens with one attached hydrogen (secondary N) is 1. The Morgan fingerprint density at radius 2 is 1.93 bits per heavy atom. The predicted octanol–water partition coefficient (Wildman–Crippen LogP) is 3.90. The molecule has 0 bridgehead atoms. The van der Waals surface area contributed by atoms with Gasteiger partial charge in [-0.3, -0.25) is 0 Å². The van der Waals surface area contributed by atoms with E-state index in [0.717, 1.165) is 23.0 Å². The third kappa shape index (κ3) is 2.13. The molecule has 1 aromatic heterocycles. The van der Waals surface area contributed by atoms with Crippen LogP contribution in [0.25, 0.3) is 10.9 Å². The Balaban J connectivity index is 0.000000461. The van der Waals surface area contributed by atoms with E-state index in [9.17, 15) is 4.39 Å². The first-order valence-electron chi connectivity index (χ1n) is 5.07. The number of rotatable bonds is 1. The maximum absolute atomic E-state index is 12.7. The third-order valence-electron chi connectivity index (χ3n) is 2.02. The summed E-state index contributed by atoms with van der Waals surface area (Å²) >= 11 is 0. The number of hydrogen-bond donors (Lipinski definition) is 1. The van der Waals surface area contributed by atoms with Crippen molar-refractivity contribution in [2.45, 2.75) is 27.2 Å². The highest BCUT2D eigenvalue weighted by atomic mass is 19.1. The summed E-state index contributed by atoms with van der Waals surface area (Å²) in [5.74, 6) is -0.177. The maximum Gasteiger partial charge on any atom is 0.123 e. The number of H-pyrrole nitrogens is 1. The van der Waals surface area contributed by atoms with Crippen molar-refractivity contribution in [1.82, 2.24) is 4.98 Å². The van der Waals surface area contributed by atoms with Crippen molar-refractivity contribution in [3.8, 4) is 0 Å².